The normalized spacial score (nSPS) is 13.2. The van der Waals surface area contributed by atoms with Gasteiger partial charge in [0.25, 0.3) is 0 Å². The third-order valence-electron chi connectivity index (χ3n) is 1.71. The largest absolute Gasteiger partial charge is 0.351 e. The third-order valence-corrected chi connectivity index (χ3v) is 1.71. The Labute approximate surface area is 87.4 Å². The van der Waals surface area contributed by atoms with Crippen molar-refractivity contribution in [2.75, 3.05) is 7.05 Å². The summed E-state index contributed by atoms with van der Waals surface area (Å²) >= 11 is 0. The topological polar surface area (TPSA) is 3.24 Å². The molecule has 0 aromatic heterocycles. The molecule has 0 heterocycles. The van der Waals surface area contributed by atoms with E-state index in [4.69, 9.17) is 0 Å². The van der Waals surface area contributed by atoms with Crippen molar-refractivity contribution in [1.29, 1.82) is 0 Å². The van der Waals surface area contributed by atoms with E-state index in [2.05, 4.69) is 23.6 Å². The maximum atomic E-state index is 3.60. The predicted molar refractivity (Wildman–Crippen MR) is 64.8 cm³/mol. The lowest BCUT2D eigenvalue weighted by atomic mass is 10.3. The van der Waals surface area contributed by atoms with Crippen molar-refractivity contribution in [1.82, 2.24) is 4.90 Å². The average molecular weight is 189 g/mol. The SMILES string of the molecule is C=C/C=C\C=C\N(C)C(/C=C\C)=C/C. The van der Waals surface area contributed by atoms with Gasteiger partial charge < -0.3 is 4.90 Å². The predicted octanol–water partition coefficient (Wildman–Crippen LogP) is 3.65. The fourth-order valence-corrected chi connectivity index (χ4v) is 0.996. The second kappa shape index (κ2) is 8.11. The lowest BCUT2D eigenvalue weighted by molar-refractivity contribution is 0.587. The van der Waals surface area contributed by atoms with Crippen molar-refractivity contribution >= 4 is 0 Å². The summed E-state index contributed by atoms with van der Waals surface area (Å²) in [6.45, 7) is 7.64. The Morgan fingerprint density at radius 2 is 1.86 bits per heavy atom. The number of rotatable bonds is 5. The molecule has 0 radical (unpaired) electrons. The van der Waals surface area contributed by atoms with E-state index in [1.54, 1.807) is 6.08 Å². The summed E-state index contributed by atoms with van der Waals surface area (Å²) in [6, 6.07) is 0. The van der Waals surface area contributed by atoms with Crippen molar-refractivity contribution < 1.29 is 0 Å². The minimum atomic E-state index is 1.18. The van der Waals surface area contributed by atoms with Gasteiger partial charge >= 0.3 is 0 Å². The monoisotopic (exact) mass is 189 g/mol. The Kier molecular flexibility index (Phi) is 7.24. The van der Waals surface area contributed by atoms with Gasteiger partial charge in [0.05, 0.1) is 0 Å². The molecule has 0 unspecified atom stereocenters. The fourth-order valence-electron chi connectivity index (χ4n) is 0.996. The molecule has 76 valence electrons. The molecule has 0 aromatic carbocycles. The van der Waals surface area contributed by atoms with Gasteiger partial charge in [0, 0.05) is 18.9 Å². The number of nitrogens with zero attached hydrogens (tertiary/aromatic N) is 1. The average Bonchev–Trinajstić information content (AvgIpc) is 2.20. The lowest BCUT2D eigenvalue weighted by Gasteiger charge is -2.14. The van der Waals surface area contributed by atoms with E-state index in [1.165, 1.54) is 5.70 Å². The molecule has 0 amide bonds. The Hall–Kier alpha value is -1.50. The molecule has 1 heteroatoms. The van der Waals surface area contributed by atoms with E-state index >= 15 is 0 Å². The van der Waals surface area contributed by atoms with Crippen molar-refractivity contribution in [2.45, 2.75) is 13.8 Å². The van der Waals surface area contributed by atoms with Crippen LogP contribution in [0.25, 0.3) is 0 Å². The smallest absolute Gasteiger partial charge is 0.0356 e. The molecule has 0 rings (SSSR count). The van der Waals surface area contributed by atoms with Gasteiger partial charge in [0.15, 0.2) is 0 Å². The maximum absolute atomic E-state index is 3.60. The van der Waals surface area contributed by atoms with Crippen LogP contribution in [0.1, 0.15) is 13.8 Å². The molecule has 0 spiro atoms. The molecule has 0 N–H and O–H groups in total. The zero-order valence-corrected chi connectivity index (χ0v) is 9.27. The van der Waals surface area contributed by atoms with Crippen LogP contribution < -0.4 is 0 Å². The molecule has 1 nitrogen and oxygen atoms in total. The van der Waals surface area contributed by atoms with Crippen molar-refractivity contribution in [3.63, 3.8) is 0 Å². The lowest BCUT2D eigenvalue weighted by Crippen LogP contribution is -2.07. The van der Waals surface area contributed by atoms with Crippen molar-refractivity contribution in [3.8, 4) is 0 Å². The summed E-state index contributed by atoms with van der Waals surface area (Å²) in [6.07, 6.45) is 15.8. The Balaban J connectivity index is 4.31. The van der Waals surface area contributed by atoms with E-state index in [0.29, 0.717) is 0 Å². The van der Waals surface area contributed by atoms with Crippen LogP contribution in [0.4, 0.5) is 0 Å². The van der Waals surface area contributed by atoms with Crippen LogP contribution in [0.5, 0.6) is 0 Å². The van der Waals surface area contributed by atoms with Crippen LogP contribution >= 0.6 is 0 Å². The fraction of sp³-hybridized carbons (Fsp3) is 0.231. The van der Waals surface area contributed by atoms with Crippen LogP contribution in [0.3, 0.4) is 0 Å². The van der Waals surface area contributed by atoms with Gasteiger partial charge in [0.1, 0.15) is 0 Å². The Morgan fingerprint density at radius 1 is 1.14 bits per heavy atom. The van der Waals surface area contributed by atoms with Gasteiger partial charge in [-0.3, -0.25) is 0 Å². The summed E-state index contributed by atoms with van der Waals surface area (Å²) in [5.74, 6) is 0. The molecule has 0 aliphatic rings. The molecule has 0 atom stereocenters. The highest BCUT2D eigenvalue weighted by atomic mass is 15.1. The first-order valence-corrected chi connectivity index (χ1v) is 4.74. The number of hydrogen-bond donors (Lipinski definition) is 0. The highest BCUT2D eigenvalue weighted by Gasteiger charge is 1.92. The summed E-state index contributed by atoms with van der Waals surface area (Å²) in [7, 11) is 2.02. The minimum Gasteiger partial charge on any atom is -0.351 e. The van der Waals surface area contributed by atoms with Crippen LogP contribution in [-0.2, 0) is 0 Å². The highest BCUT2D eigenvalue weighted by molar-refractivity contribution is 5.19. The molecule has 0 saturated carbocycles. The summed E-state index contributed by atoms with van der Waals surface area (Å²) in [5, 5.41) is 0. The summed E-state index contributed by atoms with van der Waals surface area (Å²) in [4.78, 5) is 2.06. The zero-order valence-electron chi connectivity index (χ0n) is 9.27. The van der Waals surface area contributed by atoms with E-state index in [9.17, 15) is 0 Å². The van der Waals surface area contributed by atoms with Crippen molar-refractivity contribution in [2.24, 2.45) is 0 Å². The second-order valence-corrected chi connectivity index (χ2v) is 2.79. The first kappa shape index (κ1) is 12.5. The summed E-state index contributed by atoms with van der Waals surface area (Å²) < 4.78 is 0. The highest BCUT2D eigenvalue weighted by Crippen LogP contribution is 2.03. The van der Waals surface area contributed by atoms with Gasteiger partial charge in [-0.2, -0.15) is 0 Å². The van der Waals surface area contributed by atoms with Crippen LogP contribution in [0, 0.1) is 0 Å². The van der Waals surface area contributed by atoms with Gasteiger partial charge in [0.2, 0.25) is 0 Å². The Morgan fingerprint density at radius 3 is 2.36 bits per heavy atom. The second-order valence-electron chi connectivity index (χ2n) is 2.79. The third kappa shape index (κ3) is 5.20. The molecular weight excluding hydrogens is 170 g/mol. The molecule has 14 heavy (non-hydrogen) atoms. The van der Waals surface area contributed by atoms with Crippen LogP contribution in [-0.4, -0.2) is 11.9 Å². The van der Waals surface area contributed by atoms with E-state index < -0.39 is 0 Å². The van der Waals surface area contributed by atoms with E-state index in [0.717, 1.165) is 0 Å². The summed E-state index contributed by atoms with van der Waals surface area (Å²) in [5.41, 5.74) is 1.18. The van der Waals surface area contributed by atoms with E-state index in [-0.39, 0.29) is 0 Å². The quantitative estimate of drug-likeness (QED) is 0.597. The molecule has 0 fully saturated rings. The first-order valence-electron chi connectivity index (χ1n) is 4.74. The number of allylic oxidation sites excluding steroid dienone is 7. The zero-order chi connectivity index (χ0) is 10.8. The number of hydrogen-bond acceptors (Lipinski definition) is 1. The first-order chi connectivity index (χ1) is 6.76. The minimum absolute atomic E-state index is 1.18. The molecule has 0 aromatic rings. The molecule has 0 saturated heterocycles. The van der Waals surface area contributed by atoms with Gasteiger partial charge in [-0.1, -0.05) is 37.0 Å². The van der Waals surface area contributed by atoms with Crippen LogP contribution in [0.2, 0.25) is 0 Å². The van der Waals surface area contributed by atoms with Gasteiger partial charge in [-0.15, -0.1) is 0 Å². The van der Waals surface area contributed by atoms with Gasteiger partial charge in [-0.05, 0) is 26.0 Å². The molecule has 0 aliphatic heterocycles. The van der Waals surface area contributed by atoms with Gasteiger partial charge in [-0.25, -0.2) is 0 Å². The number of likely N-dealkylation sites (N-methyl/N-ethyl adjacent to an activating group) is 1. The van der Waals surface area contributed by atoms with Crippen LogP contribution in [0.15, 0.2) is 61.0 Å². The molecule has 0 bridgehead atoms. The maximum Gasteiger partial charge on any atom is 0.0356 e. The Bertz CT molecular complexity index is 267. The van der Waals surface area contributed by atoms with E-state index in [1.807, 2.05) is 51.4 Å². The molecular formula is C13H19N. The van der Waals surface area contributed by atoms with Crippen molar-refractivity contribution in [3.05, 3.63) is 61.0 Å². The standard InChI is InChI=1S/C13H19N/c1-5-8-9-10-12-14(4)13(7-3)11-6-2/h5-12H,1H2,2-4H3/b9-8-,11-6-,12-10+,13-7+. The molecule has 0 aliphatic carbocycles.